The molecule has 1 saturated carbocycles. The summed E-state index contributed by atoms with van der Waals surface area (Å²) >= 11 is 0. The number of rotatable bonds is 21. The second-order valence-electron chi connectivity index (χ2n) is 30.3. The van der Waals surface area contributed by atoms with E-state index in [1.165, 1.54) is 29.5 Å². The van der Waals surface area contributed by atoms with E-state index in [-0.39, 0.29) is 0 Å². The molecule has 618 valence electrons. The van der Waals surface area contributed by atoms with Crippen molar-refractivity contribution >= 4 is 90.7 Å². The summed E-state index contributed by atoms with van der Waals surface area (Å²) in [6.45, 7) is 14.3. The van der Waals surface area contributed by atoms with Gasteiger partial charge in [0.15, 0.2) is 17.2 Å². The Morgan fingerprint density at radius 3 is 0.975 bits per heavy atom. The minimum Gasteiger partial charge on any atom is -0.497 e. The van der Waals surface area contributed by atoms with Crippen LogP contribution >= 0.6 is 0 Å². The van der Waals surface area contributed by atoms with Crippen LogP contribution in [-0.4, -0.2) is 220 Å². The van der Waals surface area contributed by atoms with E-state index in [2.05, 4.69) is 198 Å². The molecule has 29 heteroatoms. The molecule has 5 fully saturated rings. The predicted octanol–water partition coefficient (Wildman–Crippen LogP) is 12.6. The quantitative estimate of drug-likeness (QED) is 0.0646. The molecule has 12 heterocycles. The van der Waals surface area contributed by atoms with Crippen molar-refractivity contribution in [2.24, 2.45) is 5.92 Å². The number of anilines is 8. The number of hydrogen-bond donors (Lipinski definition) is 0. The third kappa shape index (κ3) is 19.6. The maximum Gasteiger partial charge on any atom is 0.225 e. The molecule has 1 aliphatic carbocycles. The van der Waals surface area contributed by atoms with Gasteiger partial charge in [0.05, 0.1) is 69.5 Å². The number of methoxy groups -OCH3 is 4. The first kappa shape index (κ1) is 80.1. The Morgan fingerprint density at radius 2 is 0.574 bits per heavy atom. The molecular formula is C93H96N24O5. The summed E-state index contributed by atoms with van der Waals surface area (Å²) in [5.74, 6) is 11.3. The normalized spacial score (nSPS) is 14.8. The average molecular weight is 1630 g/mol. The van der Waals surface area contributed by atoms with Gasteiger partial charge in [0, 0.05) is 195 Å². The summed E-state index contributed by atoms with van der Waals surface area (Å²) in [5.41, 5.74) is 10.8. The van der Waals surface area contributed by atoms with E-state index in [4.69, 9.17) is 23.7 Å². The van der Waals surface area contributed by atoms with Gasteiger partial charge >= 0.3 is 0 Å². The highest BCUT2D eigenvalue weighted by atomic mass is 16.5. The molecule has 4 aliphatic heterocycles. The number of piperazine rings is 4. The van der Waals surface area contributed by atoms with Crippen LogP contribution in [0.15, 0.2) is 239 Å². The van der Waals surface area contributed by atoms with Gasteiger partial charge in [-0.25, -0.2) is 79.7 Å². The van der Waals surface area contributed by atoms with E-state index >= 15 is 0 Å². The monoisotopic (exact) mass is 1630 g/mol. The molecule has 5 aliphatic rings. The lowest BCUT2D eigenvalue weighted by atomic mass is 10.1. The number of aromatic nitrogens is 16. The minimum atomic E-state index is 0.658. The molecule has 8 aromatic heterocycles. The highest BCUT2D eigenvalue weighted by molar-refractivity contribution is 5.94. The average Bonchev–Trinajstić information content (AvgIpc) is 1.34. The first-order valence-corrected chi connectivity index (χ1v) is 41.3. The van der Waals surface area contributed by atoms with Crippen LogP contribution in [0.1, 0.15) is 46.2 Å². The van der Waals surface area contributed by atoms with E-state index in [1.807, 2.05) is 122 Å². The Bertz CT molecular complexity index is 5910. The van der Waals surface area contributed by atoms with Gasteiger partial charge in [-0.2, -0.15) is 0 Å². The summed E-state index contributed by atoms with van der Waals surface area (Å²) in [6.07, 6.45) is 26.8. The molecule has 0 N–H and O–H groups in total. The fourth-order valence-electron chi connectivity index (χ4n) is 15.5. The van der Waals surface area contributed by atoms with E-state index in [0.717, 1.165) is 255 Å². The van der Waals surface area contributed by atoms with Crippen LogP contribution in [0.2, 0.25) is 0 Å². The van der Waals surface area contributed by atoms with Crippen LogP contribution in [-0.2, 0) is 19.3 Å². The zero-order chi connectivity index (χ0) is 82.8. The molecule has 0 unspecified atom stereocenters. The van der Waals surface area contributed by atoms with Crippen molar-refractivity contribution in [3.05, 3.63) is 272 Å². The first-order chi connectivity index (χ1) is 60.2. The maximum absolute atomic E-state index is 5.74. The number of hydrogen-bond acceptors (Lipinski definition) is 29. The second kappa shape index (κ2) is 38.6. The van der Waals surface area contributed by atoms with Crippen LogP contribution in [0.25, 0.3) is 43.6 Å². The highest BCUT2D eigenvalue weighted by Crippen LogP contribution is 2.37. The van der Waals surface area contributed by atoms with Gasteiger partial charge in [-0.3, -0.25) is 0 Å². The molecule has 20 rings (SSSR count). The van der Waals surface area contributed by atoms with Gasteiger partial charge in [0.25, 0.3) is 0 Å². The molecule has 29 nitrogen and oxygen atoms in total. The molecule has 0 amide bonds. The zero-order valence-corrected chi connectivity index (χ0v) is 68.9. The van der Waals surface area contributed by atoms with E-state index in [9.17, 15) is 0 Å². The number of fused-ring (bicyclic) bond motifs is 4. The highest BCUT2D eigenvalue weighted by Gasteiger charge is 2.28. The van der Waals surface area contributed by atoms with Gasteiger partial charge in [0.1, 0.15) is 60.1 Å². The molecule has 0 spiro atoms. The van der Waals surface area contributed by atoms with E-state index in [0.29, 0.717) is 17.4 Å². The molecule has 122 heavy (non-hydrogen) atoms. The largest absolute Gasteiger partial charge is 0.497 e. The summed E-state index contributed by atoms with van der Waals surface area (Å²) < 4.78 is 27.3. The standard InChI is InChI=1S/2C24H24N6O.C23H22N6.C22H26N6O3/c1-31-20-7-8-22-21(14-20)23(28-17-27-22)29-9-11-30(12-10-29)24-25-15-19(16-26-24)13-18-5-3-2-4-6-18;1-31-20-7-8-21-22(14-20)27-17-28-23(21)29-9-11-30(12-10-29)24-25-15-19(16-26-24)13-18-5-3-2-4-6-18;1-2-6-18(7-3-1)14-19-15-24-23(25-16-19)29-12-10-28(11-13-29)22-20-8-4-5-9-21(20)26-17-27-22;1-29-19-9-17-18(10-20(19)30-2)25-14-26-21(17)27-5-7-28(8-6-27)22-23-11-16(12-24-22)31-13-15-3-4-15/h2*2-8,14-17H,9-13H2,1H3;1-9,15-17H,10-14H2;9-12,14-15H,3-8,13H2,1-2H3. The number of ether oxygens (including phenoxy) is 5. The van der Waals surface area contributed by atoms with E-state index < -0.39 is 0 Å². The fraction of sp³-hybridized carbons (Fsp3) is 0.290. The van der Waals surface area contributed by atoms with Crippen molar-refractivity contribution in [2.45, 2.75) is 32.1 Å². The van der Waals surface area contributed by atoms with Crippen molar-refractivity contribution < 1.29 is 23.7 Å². The SMILES string of the molecule is COc1cc2ncnc(N3CCN(c4ncc(OCC5CC5)cn4)CC3)c2cc1OC.COc1ccc2c(N3CCN(c4ncc(Cc5ccccc5)cn4)CC3)ncnc2c1.COc1ccc2ncnc(N3CCN(c4ncc(Cc5ccccc5)cn4)CC3)c2c1.c1ccc(Cc2cnc(N3CCN(c4ncnc5ccccc45)CC3)nc2)cc1. The Kier molecular flexibility index (Phi) is 25.3. The lowest BCUT2D eigenvalue weighted by Gasteiger charge is -2.35. The van der Waals surface area contributed by atoms with Gasteiger partial charge < -0.3 is 62.9 Å². The van der Waals surface area contributed by atoms with E-state index in [1.54, 1.807) is 66.1 Å². The first-order valence-electron chi connectivity index (χ1n) is 41.3. The lowest BCUT2D eigenvalue weighted by molar-refractivity contribution is 0.297. The fourth-order valence-corrected chi connectivity index (χ4v) is 15.5. The van der Waals surface area contributed by atoms with Crippen LogP contribution in [0.4, 0.5) is 47.1 Å². The van der Waals surface area contributed by atoms with Crippen molar-refractivity contribution in [3.8, 4) is 28.7 Å². The van der Waals surface area contributed by atoms with Crippen LogP contribution in [0.5, 0.6) is 28.7 Å². The molecule has 7 aromatic carbocycles. The number of benzene rings is 7. The molecule has 15 aromatic rings. The van der Waals surface area contributed by atoms with Crippen molar-refractivity contribution in [1.82, 2.24) is 79.7 Å². The summed E-state index contributed by atoms with van der Waals surface area (Å²) in [6, 6.07) is 55.0. The predicted molar refractivity (Wildman–Crippen MR) is 476 cm³/mol. The minimum absolute atomic E-state index is 0.658. The molecular weight excluding hydrogens is 1530 g/mol. The third-order valence-corrected chi connectivity index (χ3v) is 22.4. The van der Waals surface area contributed by atoms with Crippen LogP contribution in [0, 0.1) is 5.92 Å². The third-order valence-electron chi connectivity index (χ3n) is 22.4. The molecule has 0 bridgehead atoms. The van der Waals surface area contributed by atoms with Crippen molar-refractivity contribution in [2.75, 3.05) is 179 Å². The Labute approximate surface area is 708 Å². The zero-order valence-electron chi connectivity index (χ0n) is 68.9. The molecule has 0 radical (unpaired) electrons. The van der Waals surface area contributed by atoms with Gasteiger partial charge in [0.2, 0.25) is 23.8 Å². The Hall–Kier alpha value is -14.4. The van der Waals surface area contributed by atoms with Gasteiger partial charge in [-0.05, 0) is 101 Å². The number of para-hydroxylation sites is 1. The Morgan fingerprint density at radius 1 is 0.254 bits per heavy atom. The summed E-state index contributed by atoms with van der Waals surface area (Å²) in [4.78, 5) is 90.6. The number of nitrogens with zero attached hydrogens (tertiary/aromatic N) is 24. The second-order valence-corrected chi connectivity index (χ2v) is 30.3. The summed E-state index contributed by atoms with van der Waals surface area (Å²) in [7, 11) is 6.60. The topological polar surface area (TPSA) is 278 Å². The summed E-state index contributed by atoms with van der Waals surface area (Å²) in [5, 5.41) is 4.10. The van der Waals surface area contributed by atoms with Crippen LogP contribution < -0.4 is 62.9 Å². The lowest BCUT2D eigenvalue weighted by Crippen LogP contribution is -2.47. The smallest absolute Gasteiger partial charge is 0.225 e. The van der Waals surface area contributed by atoms with Gasteiger partial charge in [-0.1, -0.05) is 103 Å². The maximum atomic E-state index is 5.74. The van der Waals surface area contributed by atoms with Crippen molar-refractivity contribution in [3.63, 3.8) is 0 Å². The van der Waals surface area contributed by atoms with Gasteiger partial charge in [-0.15, -0.1) is 0 Å². The van der Waals surface area contributed by atoms with Crippen LogP contribution in [0.3, 0.4) is 0 Å². The van der Waals surface area contributed by atoms with Crippen molar-refractivity contribution in [1.29, 1.82) is 0 Å². The molecule has 0 atom stereocenters. The molecule has 4 saturated heterocycles. The Balaban J connectivity index is 0.000000116.